The van der Waals surface area contributed by atoms with Gasteiger partial charge in [0.2, 0.25) is 0 Å². The number of fused-ring (bicyclic) bond motifs is 1. The fourth-order valence-electron chi connectivity index (χ4n) is 2.83. The molecule has 0 saturated heterocycles. The van der Waals surface area contributed by atoms with Gasteiger partial charge in [0.1, 0.15) is 10.8 Å². The second kappa shape index (κ2) is 6.45. The Labute approximate surface area is 147 Å². The Morgan fingerprint density at radius 2 is 1.92 bits per heavy atom. The summed E-state index contributed by atoms with van der Waals surface area (Å²) in [6, 6.07) is 9.77. The maximum atomic E-state index is 13.1. The topological polar surface area (TPSA) is 34.0 Å². The molecule has 3 aromatic rings. The van der Waals surface area contributed by atoms with Gasteiger partial charge < -0.3 is 9.88 Å². The molecule has 1 aromatic carbocycles. The number of thioether (sulfide) groups is 1. The molecule has 0 unspecified atom stereocenters. The highest BCUT2D eigenvalue weighted by Crippen LogP contribution is 2.38. The van der Waals surface area contributed by atoms with Crippen molar-refractivity contribution < 1.29 is 9.18 Å². The second-order valence-corrected chi connectivity index (χ2v) is 7.73. The summed E-state index contributed by atoms with van der Waals surface area (Å²) in [6.45, 7) is 0. The van der Waals surface area contributed by atoms with Gasteiger partial charge in [-0.05, 0) is 54.1 Å². The Hall–Kier alpha value is -2.05. The molecule has 0 aliphatic carbocycles. The molecule has 122 valence electrons. The van der Waals surface area contributed by atoms with Gasteiger partial charge in [-0.25, -0.2) is 4.39 Å². The van der Waals surface area contributed by atoms with Crippen LogP contribution in [0.3, 0.4) is 0 Å². The summed E-state index contributed by atoms with van der Waals surface area (Å²) in [5, 5.41) is 3.86. The molecule has 1 aliphatic rings. The molecule has 3 heterocycles. The number of hydrogen-bond donors (Lipinski definition) is 1. The first-order valence-electron chi connectivity index (χ1n) is 7.65. The average molecular weight is 358 g/mol. The molecule has 1 aliphatic heterocycles. The Balaban J connectivity index is 1.74. The Kier molecular flexibility index (Phi) is 4.16. The van der Waals surface area contributed by atoms with Gasteiger partial charge in [0.05, 0.1) is 5.56 Å². The quantitative estimate of drug-likeness (QED) is 0.735. The molecule has 0 saturated carbocycles. The molecule has 4 rings (SSSR count). The molecular weight excluding hydrogens is 343 g/mol. The highest BCUT2D eigenvalue weighted by atomic mass is 32.2. The van der Waals surface area contributed by atoms with Gasteiger partial charge in [-0.15, -0.1) is 11.3 Å². The van der Waals surface area contributed by atoms with Gasteiger partial charge in [0, 0.05) is 28.7 Å². The number of amides is 1. The van der Waals surface area contributed by atoms with Crippen LogP contribution in [0.5, 0.6) is 0 Å². The first kappa shape index (κ1) is 15.5. The van der Waals surface area contributed by atoms with Crippen LogP contribution < -0.4 is 5.32 Å². The number of hydrogen-bond acceptors (Lipinski definition) is 3. The Morgan fingerprint density at radius 3 is 2.67 bits per heavy atom. The molecule has 24 heavy (non-hydrogen) atoms. The van der Waals surface area contributed by atoms with Gasteiger partial charge in [-0.2, -0.15) is 11.8 Å². The van der Waals surface area contributed by atoms with E-state index in [0.29, 0.717) is 5.69 Å². The van der Waals surface area contributed by atoms with Crippen LogP contribution in [0.1, 0.15) is 20.8 Å². The third kappa shape index (κ3) is 2.87. The molecule has 6 heteroatoms. The third-order valence-electron chi connectivity index (χ3n) is 3.97. The minimum absolute atomic E-state index is 0.130. The summed E-state index contributed by atoms with van der Waals surface area (Å²) < 4.78 is 15.0. The van der Waals surface area contributed by atoms with E-state index in [9.17, 15) is 9.18 Å². The lowest BCUT2D eigenvalue weighted by Crippen LogP contribution is -2.16. The predicted molar refractivity (Wildman–Crippen MR) is 97.9 cm³/mol. The number of anilines is 1. The van der Waals surface area contributed by atoms with Crippen molar-refractivity contribution in [1.82, 2.24) is 4.57 Å². The van der Waals surface area contributed by atoms with Crippen molar-refractivity contribution in [3.8, 4) is 5.00 Å². The second-order valence-electron chi connectivity index (χ2n) is 5.54. The maximum Gasteiger partial charge on any atom is 0.258 e. The third-order valence-corrected chi connectivity index (χ3v) is 6.38. The van der Waals surface area contributed by atoms with Gasteiger partial charge in [-0.1, -0.05) is 0 Å². The highest BCUT2D eigenvalue weighted by molar-refractivity contribution is 7.98. The van der Waals surface area contributed by atoms with Gasteiger partial charge in [-0.3, -0.25) is 4.79 Å². The molecular formula is C18H15FN2OS2. The maximum absolute atomic E-state index is 13.1. The number of aromatic nitrogens is 1. The first-order chi connectivity index (χ1) is 11.7. The van der Waals surface area contributed by atoms with E-state index in [0.717, 1.165) is 34.1 Å². The van der Waals surface area contributed by atoms with E-state index < -0.39 is 0 Å². The van der Waals surface area contributed by atoms with Crippen molar-refractivity contribution in [2.45, 2.75) is 12.2 Å². The average Bonchev–Trinajstić information content (AvgIpc) is 3.23. The fourth-order valence-corrected chi connectivity index (χ4v) is 5.27. The van der Waals surface area contributed by atoms with Crippen LogP contribution in [-0.2, 0) is 12.2 Å². The summed E-state index contributed by atoms with van der Waals surface area (Å²) in [7, 11) is 0. The zero-order valence-corrected chi connectivity index (χ0v) is 14.4. The summed E-state index contributed by atoms with van der Waals surface area (Å²) in [6.07, 6.45) is 4.82. The molecule has 1 N–H and O–H groups in total. The molecule has 3 nitrogen and oxygen atoms in total. The molecule has 0 bridgehead atoms. The van der Waals surface area contributed by atoms with E-state index >= 15 is 0 Å². The molecule has 1 amide bonds. The molecule has 0 atom stereocenters. The van der Waals surface area contributed by atoms with Crippen LogP contribution in [0, 0.1) is 5.82 Å². The number of nitrogens with zero attached hydrogens (tertiary/aromatic N) is 1. The number of nitrogens with one attached hydrogen (secondary N) is 1. The van der Waals surface area contributed by atoms with E-state index in [1.165, 1.54) is 17.0 Å². The smallest absolute Gasteiger partial charge is 0.258 e. The minimum atomic E-state index is -0.314. The SMILES string of the molecule is O=C(Nc1ccc(F)cc1)c1c(-n2cccc2)sc2c1CCSC2. The summed E-state index contributed by atoms with van der Waals surface area (Å²) in [5.74, 6) is 1.55. The zero-order valence-electron chi connectivity index (χ0n) is 12.8. The minimum Gasteiger partial charge on any atom is -0.322 e. The van der Waals surface area contributed by atoms with Crippen molar-refractivity contribution in [1.29, 1.82) is 0 Å². The van der Waals surface area contributed by atoms with Crippen LogP contribution in [0.2, 0.25) is 0 Å². The fraction of sp³-hybridized carbons (Fsp3) is 0.167. The predicted octanol–water partition coefficient (Wildman–Crippen LogP) is 4.72. The summed E-state index contributed by atoms with van der Waals surface area (Å²) in [5.41, 5.74) is 2.50. The van der Waals surface area contributed by atoms with E-state index in [1.54, 1.807) is 23.5 Å². The van der Waals surface area contributed by atoms with E-state index in [-0.39, 0.29) is 11.7 Å². The van der Waals surface area contributed by atoms with E-state index in [2.05, 4.69) is 5.32 Å². The number of carbonyl (C=O) groups is 1. The van der Waals surface area contributed by atoms with Gasteiger partial charge >= 0.3 is 0 Å². The van der Waals surface area contributed by atoms with Crippen LogP contribution in [-0.4, -0.2) is 16.2 Å². The monoisotopic (exact) mass is 358 g/mol. The Morgan fingerprint density at radius 1 is 1.17 bits per heavy atom. The van der Waals surface area contributed by atoms with Crippen molar-refractivity contribution >= 4 is 34.7 Å². The lowest BCUT2D eigenvalue weighted by molar-refractivity contribution is 0.102. The normalized spacial score (nSPS) is 13.5. The summed E-state index contributed by atoms with van der Waals surface area (Å²) in [4.78, 5) is 14.2. The number of thiophene rings is 1. The zero-order chi connectivity index (χ0) is 16.5. The van der Waals surface area contributed by atoms with Crippen molar-refractivity contribution in [3.63, 3.8) is 0 Å². The molecule has 0 fully saturated rings. The van der Waals surface area contributed by atoms with Gasteiger partial charge in [0.15, 0.2) is 0 Å². The van der Waals surface area contributed by atoms with Gasteiger partial charge in [0.25, 0.3) is 5.91 Å². The standard InChI is InChI=1S/C18H15FN2OS2/c19-12-3-5-13(6-4-12)20-17(22)16-14-7-10-23-11-15(14)24-18(16)21-8-1-2-9-21/h1-6,8-9H,7,10-11H2,(H,20,22). The van der Waals surface area contributed by atoms with Crippen LogP contribution in [0.15, 0.2) is 48.8 Å². The van der Waals surface area contributed by atoms with Crippen LogP contribution in [0.25, 0.3) is 5.00 Å². The number of rotatable bonds is 3. The molecule has 2 aromatic heterocycles. The lowest BCUT2D eigenvalue weighted by atomic mass is 10.1. The van der Waals surface area contributed by atoms with Crippen LogP contribution >= 0.6 is 23.1 Å². The van der Waals surface area contributed by atoms with Crippen molar-refractivity contribution in [2.24, 2.45) is 0 Å². The molecule has 0 radical (unpaired) electrons. The van der Waals surface area contributed by atoms with E-state index in [1.807, 2.05) is 40.9 Å². The number of halogens is 1. The van der Waals surface area contributed by atoms with E-state index in [4.69, 9.17) is 0 Å². The first-order valence-corrected chi connectivity index (χ1v) is 9.62. The number of benzene rings is 1. The summed E-state index contributed by atoms with van der Waals surface area (Å²) >= 11 is 3.58. The highest BCUT2D eigenvalue weighted by Gasteiger charge is 2.26. The number of carbonyl (C=O) groups excluding carboxylic acids is 1. The molecule has 0 spiro atoms. The lowest BCUT2D eigenvalue weighted by Gasteiger charge is -2.13. The van der Waals surface area contributed by atoms with Crippen molar-refractivity contribution in [2.75, 3.05) is 11.1 Å². The van der Waals surface area contributed by atoms with Crippen LogP contribution in [0.4, 0.5) is 10.1 Å². The largest absolute Gasteiger partial charge is 0.322 e. The van der Waals surface area contributed by atoms with Crippen molar-refractivity contribution in [3.05, 3.63) is 70.6 Å². The Bertz CT molecular complexity index is 869.